The lowest BCUT2D eigenvalue weighted by molar-refractivity contribution is -0.144. The van der Waals surface area contributed by atoms with Gasteiger partial charge in [0.1, 0.15) is 36.6 Å². The van der Waals surface area contributed by atoms with Gasteiger partial charge in [0.25, 0.3) is 0 Å². The van der Waals surface area contributed by atoms with Gasteiger partial charge in [-0.2, -0.15) is 0 Å². The van der Waals surface area contributed by atoms with Crippen LogP contribution in [-0.2, 0) is 19.1 Å². The van der Waals surface area contributed by atoms with E-state index in [-0.39, 0.29) is 18.4 Å². The van der Waals surface area contributed by atoms with Crippen molar-refractivity contribution < 1.29 is 59.6 Å². The summed E-state index contributed by atoms with van der Waals surface area (Å²) in [5.41, 5.74) is 8.00. The zero-order chi connectivity index (χ0) is 41.8. The third-order valence-corrected chi connectivity index (χ3v) is 8.24. The number of ether oxygens (including phenoxy) is 2. The lowest BCUT2D eigenvalue weighted by Gasteiger charge is -2.24. The summed E-state index contributed by atoms with van der Waals surface area (Å²) in [4.78, 5) is 35.8. The highest BCUT2D eigenvalue weighted by Gasteiger charge is 2.27. The molecule has 1 heterocycles. The van der Waals surface area contributed by atoms with Crippen LogP contribution in [-0.4, -0.2) is 110 Å². The van der Waals surface area contributed by atoms with Crippen LogP contribution in [0.25, 0.3) is 0 Å². The fraction of sp³-hybridized carbons (Fsp3) is 0.585. The molecule has 0 bridgehead atoms. The van der Waals surface area contributed by atoms with Crippen molar-refractivity contribution in [3.8, 4) is 0 Å². The van der Waals surface area contributed by atoms with E-state index in [4.69, 9.17) is 35.6 Å². The molecule has 2 amide bonds. The highest BCUT2D eigenvalue weighted by molar-refractivity contribution is 5.88. The smallest absolute Gasteiger partial charge is 0.404 e. The first-order valence-electron chi connectivity index (χ1n) is 18.8. The standard InChI is InChI=1S/C33H48N2O7.C8H18O5/c1-23(2)20-30(37)35-19-18-25(4)21-26(5)29-22-24(3)14-10-6-8-12-16-28(42-33(34)40)32(39)27(36)15-11-7-9-13-17-31(38)41-29;9-4-2-1-3-6(11)8(13)7(12)5-10/h6,10-11,13-15,17-21,26-29,32,36,39H,7-9,12,16,22H2,1-5H3,(H2,34,40)(H,35,37);6-13H,1-5H2/b10-6+,15-11+,17-13+,19-18+,24-14+,25-21+;. The van der Waals surface area contributed by atoms with Gasteiger partial charge in [0.2, 0.25) is 5.91 Å². The Morgan fingerprint density at radius 1 is 1.04 bits per heavy atom. The summed E-state index contributed by atoms with van der Waals surface area (Å²) in [6.07, 6.45) is 14.9. The number of primary amides is 1. The van der Waals surface area contributed by atoms with Crippen molar-refractivity contribution in [3.05, 3.63) is 83.7 Å². The molecular formula is C41H66N2O12. The number of rotatable bonds is 13. The largest absolute Gasteiger partial charge is 0.458 e. The molecule has 8 atom stereocenters. The molecule has 0 spiro atoms. The molecule has 1 aliphatic rings. The van der Waals surface area contributed by atoms with E-state index in [1.807, 2.05) is 58.9 Å². The molecule has 0 aromatic heterocycles. The molecule has 8 unspecified atom stereocenters. The van der Waals surface area contributed by atoms with Gasteiger partial charge in [0.05, 0.1) is 12.7 Å². The average molecular weight is 779 g/mol. The number of carbonyl (C=O) groups excluding carboxylic acids is 3. The Morgan fingerprint density at radius 3 is 2.36 bits per heavy atom. The van der Waals surface area contributed by atoms with E-state index in [0.717, 1.165) is 16.7 Å². The van der Waals surface area contributed by atoms with E-state index in [2.05, 4.69) is 5.32 Å². The highest BCUT2D eigenvalue weighted by Crippen LogP contribution is 2.21. The van der Waals surface area contributed by atoms with Gasteiger partial charge < -0.3 is 56.3 Å². The number of nitrogens with one attached hydrogen (secondary N) is 1. The van der Waals surface area contributed by atoms with E-state index in [1.54, 1.807) is 24.4 Å². The Morgan fingerprint density at radius 2 is 1.73 bits per heavy atom. The SMILES string of the molecule is CC(C)=CC(=O)N/C=C/C(C)=C/C(C)C1C/C(C)=C/C=C/CCCC(OC(N)=O)C(O)C(O)/C=C/CC/C=C/C(=O)O1.OCCCCC(O)C(O)C(O)CO. The number of amides is 2. The number of allylic oxidation sites excluding steroid dienone is 8. The van der Waals surface area contributed by atoms with E-state index in [1.165, 1.54) is 18.2 Å². The van der Waals surface area contributed by atoms with Gasteiger partial charge in [0.15, 0.2) is 0 Å². The van der Waals surface area contributed by atoms with Gasteiger partial charge in [-0.3, -0.25) is 4.79 Å². The highest BCUT2D eigenvalue weighted by atomic mass is 16.6. The summed E-state index contributed by atoms with van der Waals surface area (Å²) in [5.74, 6) is -0.755. The van der Waals surface area contributed by atoms with Crippen LogP contribution in [0.1, 0.15) is 92.4 Å². The number of unbranched alkanes of at least 4 members (excludes halogenated alkanes) is 1. The van der Waals surface area contributed by atoms with Crippen LogP contribution in [0.2, 0.25) is 0 Å². The summed E-state index contributed by atoms with van der Waals surface area (Å²) in [5, 5.41) is 67.8. The lowest BCUT2D eigenvalue weighted by Crippen LogP contribution is -2.40. The van der Waals surface area contributed by atoms with Crippen molar-refractivity contribution >= 4 is 18.0 Å². The number of carbonyl (C=O) groups is 3. The van der Waals surface area contributed by atoms with Crippen LogP contribution in [0.4, 0.5) is 4.79 Å². The van der Waals surface area contributed by atoms with Gasteiger partial charge in [-0.15, -0.1) is 0 Å². The molecule has 0 aromatic carbocycles. The average Bonchev–Trinajstić information content (AvgIpc) is 3.11. The van der Waals surface area contributed by atoms with Crippen LogP contribution < -0.4 is 11.1 Å². The minimum Gasteiger partial charge on any atom is -0.458 e. The van der Waals surface area contributed by atoms with Gasteiger partial charge >= 0.3 is 12.1 Å². The van der Waals surface area contributed by atoms with Crippen molar-refractivity contribution in [2.45, 2.75) is 135 Å². The Kier molecular flexibility index (Phi) is 28.2. The molecule has 0 fully saturated rings. The van der Waals surface area contributed by atoms with Gasteiger partial charge in [0, 0.05) is 37.3 Å². The zero-order valence-electron chi connectivity index (χ0n) is 33.0. The Labute approximate surface area is 326 Å². The summed E-state index contributed by atoms with van der Waals surface area (Å²) in [6, 6.07) is 0. The molecule has 0 saturated heterocycles. The summed E-state index contributed by atoms with van der Waals surface area (Å²) in [7, 11) is 0. The van der Waals surface area contributed by atoms with Gasteiger partial charge in [-0.05, 0) is 85.1 Å². The topological polar surface area (TPSA) is 249 Å². The lowest BCUT2D eigenvalue weighted by atomic mass is 9.95. The first-order valence-corrected chi connectivity index (χ1v) is 18.8. The second-order valence-corrected chi connectivity index (χ2v) is 13.8. The quantitative estimate of drug-likeness (QED) is 0.0429. The summed E-state index contributed by atoms with van der Waals surface area (Å²) >= 11 is 0. The van der Waals surface area contributed by atoms with Crippen LogP contribution in [0.3, 0.4) is 0 Å². The number of nitrogens with two attached hydrogens (primary N) is 1. The molecule has 0 aliphatic carbocycles. The number of hydrogen-bond donors (Lipinski definition) is 9. The minimum absolute atomic E-state index is 0.0470. The number of hydrogen-bond acceptors (Lipinski definition) is 12. The van der Waals surface area contributed by atoms with E-state index >= 15 is 0 Å². The molecular weight excluding hydrogens is 712 g/mol. The number of esters is 1. The van der Waals surface area contributed by atoms with Crippen molar-refractivity contribution in [2.24, 2.45) is 11.7 Å². The Balaban J connectivity index is 0.00000190. The van der Waals surface area contributed by atoms with Crippen molar-refractivity contribution in [1.29, 1.82) is 0 Å². The van der Waals surface area contributed by atoms with E-state index in [9.17, 15) is 29.7 Å². The van der Waals surface area contributed by atoms with Gasteiger partial charge in [-0.1, -0.05) is 66.2 Å². The summed E-state index contributed by atoms with van der Waals surface area (Å²) < 4.78 is 10.9. The molecule has 1 rings (SSSR count). The molecule has 1 aliphatic heterocycles. The Hall–Kier alpha value is -3.89. The maximum Gasteiger partial charge on any atom is 0.404 e. The molecule has 14 heteroatoms. The third kappa shape index (κ3) is 25.8. The van der Waals surface area contributed by atoms with Gasteiger partial charge in [-0.25, -0.2) is 9.59 Å². The monoisotopic (exact) mass is 778 g/mol. The molecule has 14 nitrogen and oxygen atoms in total. The van der Waals surface area contributed by atoms with Crippen LogP contribution in [0, 0.1) is 5.92 Å². The van der Waals surface area contributed by atoms with Crippen molar-refractivity contribution in [1.82, 2.24) is 5.32 Å². The number of cyclic esters (lactones) is 1. The third-order valence-electron chi connectivity index (χ3n) is 8.24. The first kappa shape index (κ1) is 51.1. The second-order valence-electron chi connectivity index (χ2n) is 13.8. The van der Waals surface area contributed by atoms with Crippen molar-refractivity contribution in [3.63, 3.8) is 0 Å². The van der Waals surface area contributed by atoms with Crippen LogP contribution >= 0.6 is 0 Å². The molecule has 10 N–H and O–H groups in total. The summed E-state index contributed by atoms with van der Waals surface area (Å²) in [6.45, 7) is 9.05. The number of aliphatic hydroxyl groups is 7. The normalized spacial score (nSPS) is 25.6. The fourth-order valence-corrected chi connectivity index (χ4v) is 5.20. The molecule has 0 aromatic rings. The zero-order valence-corrected chi connectivity index (χ0v) is 33.0. The molecule has 0 saturated carbocycles. The maximum absolute atomic E-state index is 12.6. The maximum atomic E-state index is 12.6. The minimum atomic E-state index is -1.32. The van der Waals surface area contributed by atoms with Crippen molar-refractivity contribution in [2.75, 3.05) is 13.2 Å². The van der Waals surface area contributed by atoms with Crippen LogP contribution in [0.15, 0.2) is 83.7 Å². The van der Waals surface area contributed by atoms with Crippen LogP contribution in [0.5, 0.6) is 0 Å². The predicted octanol–water partition coefficient (Wildman–Crippen LogP) is 3.46. The fourth-order valence-electron chi connectivity index (χ4n) is 5.20. The first-order chi connectivity index (χ1) is 26.0. The molecule has 0 radical (unpaired) electrons. The predicted molar refractivity (Wildman–Crippen MR) is 211 cm³/mol. The van der Waals surface area contributed by atoms with E-state index < -0.39 is 61.4 Å². The van der Waals surface area contributed by atoms with E-state index in [0.29, 0.717) is 57.8 Å². The Bertz CT molecular complexity index is 1330. The molecule has 312 valence electrons. The molecule has 55 heavy (non-hydrogen) atoms. The second kappa shape index (κ2) is 30.3. The number of aliphatic hydroxyl groups excluding tert-OH is 7.